The quantitative estimate of drug-likeness (QED) is 0.255. The van der Waals surface area contributed by atoms with Crippen molar-refractivity contribution in [2.75, 3.05) is 14.2 Å². The predicted octanol–water partition coefficient (Wildman–Crippen LogP) is 6.05. The summed E-state index contributed by atoms with van der Waals surface area (Å²) >= 11 is 0.699. The molecule has 1 N–H and O–H groups in total. The molecule has 2 heterocycles. The Morgan fingerprint density at radius 1 is 0.974 bits per heavy atom. The summed E-state index contributed by atoms with van der Waals surface area (Å²) in [5, 5.41) is 11.3. The van der Waals surface area contributed by atoms with Crippen LogP contribution in [0.5, 0.6) is 17.2 Å². The van der Waals surface area contributed by atoms with Crippen LogP contribution in [0.4, 0.5) is 13.2 Å². The second-order valence-corrected chi connectivity index (χ2v) is 9.57. The molecule has 5 aromatic rings. The maximum absolute atomic E-state index is 13.9. The summed E-state index contributed by atoms with van der Waals surface area (Å²) in [6.45, 7) is 0.0579. The minimum atomic E-state index is -4.52. The Bertz CT molecular complexity index is 1830. The van der Waals surface area contributed by atoms with Crippen LogP contribution >= 0.6 is 11.8 Å². The van der Waals surface area contributed by atoms with Gasteiger partial charge < -0.3 is 23.6 Å². The van der Waals surface area contributed by atoms with Gasteiger partial charge in [0, 0.05) is 21.9 Å². The molecule has 0 aliphatic rings. The van der Waals surface area contributed by atoms with Crippen molar-refractivity contribution in [3.8, 4) is 17.2 Å². The average Bonchev–Trinajstić information content (AvgIpc) is 2.92. The van der Waals surface area contributed by atoms with Gasteiger partial charge in [0.15, 0.2) is 11.3 Å². The molecule has 0 aliphatic carbocycles. The van der Waals surface area contributed by atoms with Gasteiger partial charge in [-0.3, -0.25) is 4.79 Å². The first kappa shape index (κ1) is 26.2. The summed E-state index contributed by atoms with van der Waals surface area (Å²) < 4.78 is 56.6. The number of halogens is 3. The molecule has 0 saturated carbocycles. The van der Waals surface area contributed by atoms with Gasteiger partial charge in [-0.1, -0.05) is 30.0 Å². The number of rotatable bonds is 6. The molecule has 7 nitrogen and oxygen atoms in total. The SMILES string of the molecule is COc1ccc2c3oc(=O)c(Sc4ccc(C(F)(F)F)cc4)c(O)c3c(=O)n(Cc3ccccc3OC)c2c1. The highest BCUT2D eigenvalue weighted by molar-refractivity contribution is 7.99. The number of hydrogen-bond acceptors (Lipinski definition) is 7. The van der Waals surface area contributed by atoms with Crippen LogP contribution in [-0.2, 0) is 12.7 Å². The molecule has 0 radical (unpaired) electrons. The normalized spacial score (nSPS) is 11.7. The number of aromatic nitrogens is 1. The van der Waals surface area contributed by atoms with E-state index in [1.165, 1.54) is 30.9 Å². The fraction of sp³-hybridized carbons (Fsp3) is 0.143. The van der Waals surface area contributed by atoms with Crippen LogP contribution in [-0.4, -0.2) is 23.9 Å². The number of pyridine rings is 1. The fourth-order valence-electron chi connectivity index (χ4n) is 4.27. The average molecular weight is 556 g/mol. The summed E-state index contributed by atoms with van der Waals surface area (Å²) in [6.07, 6.45) is -4.52. The van der Waals surface area contributed by atoms with Crippen LogP contribution in [0.15, 0.2) is 90.5 Å². The zero-order chi connectivity index (χ0) is 27.9. The monoisotopic (exact) mass is 555 g/mol. The maximum atomic E-state index is 13.9. The van der Waals surface area contributed by atoms with Crippen molar-refractivity contribution < 1.29 is 32.2 Å². The third-order valence-corrected chi connectivity index (χ3v) is 7.25. The van der Waals surface area contributed by atoms with Crippen LogP contribution in [0.1, 0.15) is 11.1 Å². The van der Waals surface area contributed by atoms with Crippen molar-refractivity contribution in [1.82, 2.24) is 4.57 Å². The Morgan fingerprint density at radius 3 is 2.36 bits per heavy atom. The third-order valence-electron chi connectivity index (χ3n) is 6.18. The van der Waals surface area contributed by atoms with Gasteiger partial charge in [0.25, 0.3) is 5.56 Å². The Hall–Kier alpha value is -4.38. The van der Waals surface area contributed by atoms with E-state index in [1.54, 1.807) is 42.5 Å². The van der Waals surface area contributed by atoms with E-state index in [0.717, 1.165) is 12.1 Å². The zero-order valence-electron chi connectivity index (χ0n) is 20.5. The van der Waals surface area contributed by atoms with Crippen molar-refractivity contribution in [3.05, 3.63) is 98.6 Å². The van der Waals surface area contributed by atoms with Crippen LogP contribution < -0.4 is 20.7 Å². The molecule has 0 spiro atoms. The van der Waals surface area contributed by atoms with Crippen molar-refractivity contribution in [2.45, 2.75) is 22.5 Å². The van der Waals surface area contributed by atoms with E-state index in [9.17, 15) is 27.9 Å². The minimum Gasteiger partial charge on any atom is -0.505 e. The lowest BCUT2D eigenvalue weighted by Crippen LogP contribution is -2.23. The first-order valence-electron chi connectivity index (χ1n) is 11.5. The lowest BCUT2D eigenvalue weighted by Gasteiger charge is -2.16. The largest absolute Gasteiger partial charge is 0.505 e. The summed E-state index contributed by atoms with van der Waals surface area (Å²) in [6, 6.07) is 16.0. The van der Waals surface area contributed by atoms with Gasteiger partial charge in [0.2, 0.25) is 0 Å². The predicted molar refractivity (Wildman–Crippen MR) is 140 cm³/mol. The summed E-state index contributed by atoms with van der Waals surface area (Å²) in [5.41, 5.74) is -1.49. The molecule has 0 unspecified atom stereocenters. The second-order valence-electron chi connectivity index (χ2n) is 8.48. The first-order valence-corrected chi connectivity index (χ1v) is 12.3. The molecule has 0 bridgehead atoms. The number of methoxy groups -OCH3 is 2. The topological polar surface area (TPSA) is 90.9 Å². The van der Waals surface area contributed by atoms with E-state index >= 15 is 0 Å². The van der Waals surface area contributed by atoms with Gasteiger partial charge in [-0.25, -0.2) is 4.79 Å². The molecule has 5 rings (SSSR count). The molecule has 0 aliphatic heterocycles. The molecule has 0 fully saturated rings. The molecule has 39 heavy (non-hydrogen) atoms. The van der Waals surface area contributed by atoms with Crippen LogP contribution in [0, 0.1) is 0 Å². The molecule has 0 saturated heterocycles. The van der Waals surface area contributed by atoms with Crippen molar-refractivity contribution in [2.24, 2.45) is 0 Å². The van der Waals surface area contributed by atoms with Gasteiger partial charge in [-0.2, -0.15) is 13.2 Å². The number of para-hydroxylation sites is 1. The number of ether oxygens (including phenoxy) is 2. The highest BCUT2D eigenvalue weighted by Crippen LogP contribution is 2.39. The fourth-order valence-corrected chi connectivity index (χ4v) is 5.11. The Kier molecular flexibility index (Phi) is 6.77. The van der Waals surface area contributed by atoms with E-state index in [2.05, 4.69) is 0 Å². The van der Waals surface area contributed by atoms with Crippen LogP contribution in [0.3, 0.4) is 0 Å². The number of alkyl halides is 3. The molecular formula is C28H20F3NO6S. The van der Waals surface area contributed by atoms with Crippen molar-refractivity contribution in [3.63, 3.8) is 0 Å². The Morgan fingerprint density at radius 2 is 1.69 bits per heavy atom. The van der Waals surface area contributed by atoms with Gasteiger partial charge >= 0.3 is 11.8 Å². The number of aromatic hydroxyl groups is 1. The molecule has 2 aromatic heterocycles. The summed E-state index contributed by atoms with van der Waals surface area (Å²) in [5.74, 6) is 0.377. The highest BCUT2D eigenvalue weighted by atomic mass is 32.2. The standard InChI is InChI=1S/C28H20F3NO6S/c1-36-17-9-12-19-20(13-17)32(14-15-5-3-4-6-21(15)37-2)26(34)22-23(33)25(27(35)38-24(19)22)39-18-10-7-16(8-11-18)28(29,30)31/h3-13,33H,14H2,1-2H3. The van der Waals surface area contributed by atoms with Crippen LogP contribution in [0.2, 0.25) is 0 Å². The number of benzene rings is 3. The van der Waals surface area contributed by atoms with Gasteiger partial charge in [-0.05, 0) is 42.5 Å². The van der Waals surface area contributed by atoms with E-state index in [0.29, 0.717) is 39.7 Å². The Balaban J connectivity index is 1.73. The molecule has 3 aromatic carbocycles. The lowest BCUT2D eigenvalue weighted by atomic mass is 10.1. The first-order chi connectivity index (χ1) is 18.6. The van der Waals surface area contributed by atoms with Crippen molar-refractivity contribution in [1.29, 1.82) is 0 Å². The lowest BCUT2D eigenvalue weighted by molar-refractivity contribution is -0.137. The smallest absolute Gasteiger partial charge is 0.416 e. The number of nitrogens with zero attached hydrogens (tertiary/aromatic N) is 1. The molecular weight excluding hydrogens is 535 g/mol. The van der Waals surface area contributed by atoms with Crippen molar-refractivity contribution >= 4 is 33.6 Å². The minimum absolute atomic E-state index is 0.0579. The van der Waals surface area contributed by atoms with E-state index in [-0.39, 0.29) is 27.3 Å². The summed E-state index contributed by atoms with van der Waals surface area (Å²) in [7, 11) is 2.98. The molecule has 200 valence electrons. The second kappa shape index (κ2) is 10.1. The zero-order valence-corrected chi connectivity index (χ0v) is 21.4. The molecule has 11 heteroatoms. The highest BCUT2D eigenvalue weighted by Gasteiger charge is 2.30. The number of fused-ring (bicyclic) bond motifs is 3. The number of hydrogen-bond donors (Lipinski definition) is 1. The van der Waals surface area contributed by atoms with Gasteiger partial charge in [-0.15, -0.1) is 0 Å². The van der Waals surface area contributed by atoms with Gasteiger partial charge in [0.1, 0.15) is 21.8 Å². The van der Waals surface area contributed by atoms with Crippen LogP contribution in [0.25, 0.3) is 21.9 Å². The maximum Gasteiger partial charge on any atom is 0.416 e. The molecule has 0 amide bonds. The third kappa shape index (κ3) is 4.81. The van der Waals surface area contributed by atoms with Gasteiger partial charge in [0.05, 0.1) is 31.8 Å². The summed E-state index contributed by atoms with van der Waals surface area (Å²) in [4.78, 5) is 26.7. The molecule has 0 atom stereocenters. The Labute approximate surface area is 223 Å². The van der Waals surface area contributed by atoms with E-state index in [4.69, 9.17) is 13.9 Å². The van der Waals surface area contributed by atoms with E-state index in [1.807, 2.05) is 0 Å². The van der Waals surface area contributed by atoms with E-state index < -0.39 is 28.7 Å².